The van der Waals surface area contributed by atoms with Crippen LogP contribution >= 0.6 is 0 Å². The minimum atomic E-state index is -4.46. The molecule has 0 amide bonds. The van der Waals surface area contributed by atoms with E-state index in [2.05, 4.69) is 15.5 Å². The highest BCUT2D eigenvalue weighted by molar-refractivity contribution is 5.47. The molecule has 0 atom stereocenters. The molecule has 0 aromatic carbocycles. The minimum absolute atomic E-state index is 0.0291. The zero-order valence-electron chi connectivity index (χ0n) is 9.95. The normalized spacial score (nSPS) is 11.6. The number of nitrogens with one attached hydrogen (secondary N) is 1. The van der Waals surface area contributed by atoms with Crippen molar-refractivity contribution in [3.8, 4) is 0 Å². The number of alkyl halides is 3. The van der Waals surface area contributed by atoms with Crippen molar-refractivity contribution in [3.63, 3.8) is 0 Å². The van der Waals surface area contributed by atoms with E-state index in [0.717, 1.165) is 12.1 Å². The fraction of sp³-hybridized carbons (Fsp3) is 0.273. The molecule has 5 nitrogen and oxygen atoms in total. The van der Waals surface area contributed by atoms with Crippen molar-refractivity contribution in [1.29, 1.82) is 0 Å². The van der Waals surface area contributed by atoms with Crippen molar-refractivity contribution in [2.24, 2.45) is 0 Å². The number of hydrogen-bond donors (Lipinski definition) is 2. The monoisotopic (exact) mass is 272 g/mol. The smallest absolute Gasteiger partial charge is 0.384 e. The van der Waals surface area contributed by atoms with Gasteiger partial charge in [0.05, 0.1) is 17.8 Å². The molecule has 0 aliphatic carbocycles. The van der Waals surface area contributed by atoms with E-state index < -0.39 is 11.7 Å². The van der Waals surface area contributed by atoms with E-state index in [1.807, 2.05) is 0 Å². The molecule has 0 saturated heterocycles. The summed E-state index contributed by atoms with van der Waals surface area (Å²) in [6.45, 7) is 1.92. The molecule has 2 aromatic rings. The van der Waals surface area contributed by atoms with Crippen molar-refractivity contribution in [2.75, 3.05) is 11.1 Å². The van der Waals surface area contributed by atoms with Crippen LogP contribution in [0.15, 0.2) is 22.7 Å². The minimum Gasteiger partial charge on any atom is -0.384 e. The highest BCUT2D eigenvalue weighted by Gasteiger charge is 2.31. The van der Waals surface area contributed by atoms with E-state index in [4.69, 9.17) is 10.3 Å². The second-order valence-electron chi connectivity index (χ2n) is 3.95. The molecule has 0 saturated carbocycles. The van der Waals surface area contributed by atoms with Crippen molar-refractivity contribution in [3.05, 3.63) is 35.2 Å². The van der Waals surface area contributed by atoms with Gasteiger partial charge in [-0.25, -0.2) is 4.98 Å². The number of pyridine rings is 1. The molecule has 0 unspecified atom stereocenters. The van der Waals surface area contributed by atoms with E-state index in [-0.39, 0.29) is 18.2 Å². The van der Waals surface area contributed by atoms with Crippen LogP contribution in [-0.2, 0) is 12.7 Å². The predicted molar refractivity (Wildman–Crippen MR) is 62.2 cm³/mol. The van der Waals surface area contributed by atoms with Crippen LogP contribution in [0.1, 0.15) is 17.0 Å². The van der Waals surface area contributed by atoms with E-state index in [0.29, 0.717) is 11.5 Å². The lowest BCUT2D eigenvalue weighted by molar-refractivity contribution is -0.137. The lowest BCUT2D eigenvalue weighted by atomic mass is 10.2. The van der Waals surface area contributed by atoms with Crippen molar-refractivity contribution >= 4 is 11.6 Å². The van der Waals surface area contributed by atoms with Gasteiger partial charge in [-0.1, -0.05) is 5.16 Å². The average molecular weight is 272 g/mol. The lowest BCUT2D eigenvalue weighted by Gasteiger charge is -2.10. The van der Waals surface area contributed by atoms with Gasteiger partial charge in [-0.15, -0.1) is 0 Å². The van der Waals surface area contributed by atoms with E-state index >= 15 is 0 Å². The van der Waals surface area contributed by atoms with Gasteiger partial charge in [-0.3, -0.25) is 0 Å². The number of aromatic nitrogens is 2. The van der Waals surface area contributed by atoms with Crippen LogP contribution in [-0.4, -0.2) is 10.1 Å². The standard InChI is InChI=1S/C11H11F3N4O/c1-6-2-8(19-18-6)5-16-10-4-7(11(12,13)14)3-9(15)17-10/h2-4H,5H2,1H3,(H3,15,16,17). The summed E-state index contributed by atoms with van der Waals surface area (Å²) in [6, 6.07) is 3.34. The van der Waals surface area contributed by atoms with Gasteiger partial charge in [0.1, 0.15) is 11.6 Å². The summed E-state index contributed by atoms with van der Waals surface area (Å²) < 4.78 is 42.6. The first kappa shape index (κ1) is 13.2. The van der Waals surface area contributed by atoms with Gasteiger partial charge in [0, 0.05) is 6.07 Å². The molecule has 0 aliphatic heterocycles. The molecule has 0 fully saturated rings. The fourth-order valence-electron chi connectivity index (χ4n) is 1.48. The molecule has 0 aliphatic rings. The molecular formula is C11H11F3N4O. The van der Waals surface area contributed by atoms with Crippen LogP contribution in [0, 0.1) is 6.92 Å². The molecular weight excluding hydrogens is 261 g/mol. The predicted octanol–water partition coefficient (Wildman–Crippen LogP) is 2.59. The van der Waals surface area contributed by atoms with Crippen LogP contribution in [0.5, 0.6) is 0 Å². The molecule has 3 N–H and O–H groups in total. The molecule has 19 heavy (non-hydrogen) atoms. The Morgan fingerprint density at radius 3 is 2.63 bits per heavy atom. The Labute approximate surface area is 106 Å². The number of nitrogens with two attached hydrogens (primary N) is 1. The van der Waals surface area contributed by atoms with Crippen LogP contribution in [0.4, 0.5) is 24.8 Å². The number of hydrogen-bond acceptors (Lipinski definition) is 5. The number of aryl methyl sites for hydroxylation is 1. The Morgan fingerprint density at radius 2 is 2.05 bits per heavy atom. The molecule has 2 heterocycles. The molecule has 2 rings (SSSR count). The van der Waals surface area contributed by atoms with Crippen molar-refractivity contribution in [1.82, 2.24) is 10.1 Å². The Hall–Kier alpha value is -2.25. The summed E-state index contributed by atoms with van der Waals surface area (Å²) in [6.07, 6.45) is -4.46. The zero-order valence-corrected chi connectivity index (χ0v) is 9.95. The van der Waals surface area contributed by atoms with E-state index in [9.17, 15) is 13.2 Å². The summed E-state index contributed by atoms with van der Waals surface area (Å²) >= 11 is 0. The third-order valence-electron chi connectivity index (χ3n) is 2.29. The van der Waals surface area contributed by atoms with Gasteiger partial charge in [0.2, 0.25) is 0 Å². The summed E-state index contributed by atoms with van der Waals surface area (Å²) in [4.78, 5) is 3.77. The Balaban J connectivity index is 2.14. The zero-order chi connectivity index (χ0) is 14.0. The maximum absolute atomic E-state index is 12.6. The van der Waals surface area contributed by atoms with Crippen LogP contribution < -0.4 is 11.1 Å². The molecule has 0 spiro atoms. The largest absolute Gasteiger partial charge is 0.416 e. The summed E-state index contributed by atoms with van der Waals surface area (Å²) in [5, 5.41) is 6.37. The first-order chi connectivity index (χ1) is 8.84. The molecule has 0 radical (unpaired) electrons. The number of halogens is 3. The van der Waals surface area contributed by atoms with Crippen LogP contribution in [0.2, 0.25) is 0 Å². The number of nitrogen functional groups attached to an aromatic ring is 1. The van der Waals surface area contributed by atoms with Crippen molar-refractivity contribution < 1.29 is 17.7 Å². The summed E-state index contributed by atoms with van der Waals surface area (Å²) in [7, 11) is 0. The van der Waals surface area contributed by atoms with Gasteiger partial charge in [0.25, 0.3) is 0 Å². The van der Waals surface area contributed by atoms with Crippen LogP contribution in [0.25, 0.3) is 0 Å². The Kier molecular flexibility index (Phi) is 3.32. The first-order valence-corrected chi connectivity index (χ1v) is 5.35. The third-order valence-corrected chi connectivity index (χ3v) is 2.29. The summed E-state index contributed by atoms with van der Waals surface area (Å²) in [5.74, 6) is 0.322. The van der Waals surface area contributed by atoms with Gasteiger partial charge in [-0.05, 0) is 19.1 Å². The molecule has 2 aromatic heterocycles. The number of nitrogens with zero attached hydrogens (tertiary/aromatic N) is 2. The Bertz CT molecular complexity index is 580. The average Bonchev–Trinajstić information content (AvgIpc) is 2.71. The fourth-order valence-corrected chi connectivity index (χ4v) is 1.48. The van der Waals surface area contributed by atoms with Crippen molar-refractivity contribution in [2.45, 2.75) is 19.6 Å². The molecule has 8 heteroatoms. The maximum atomic E-state index is 12.6. The van der Waals surface area contributed by atoms with E-state index in [1.165, 1.54) is 0 Å². The van der Waals surface area contributed by atoms with Gasteiger partial charge in [0.15, 0.2) is 5.76 Å². The first-order valence-electron chi connectivity index (χ1n) is 5.35. The van der Waals surface area contributed by atoms with Gasteiger partial charge in [-0.2, -0.15) is 13.2 Å². The van der Waals surface area contributed by atoms with Gasteiger partial charge < -0.3 is 15.6 Å². The number of anilines is 2. The van der Waals surface area contributed by atoms with E-state index in [1.54, 1.807) is 13.0 Å². The SMILES string of the molecule is Cc1cc(CNc2cc(C(F)(F)F)cc(N)n2)on1. The molecule has 0 bridgehead atoms. The number of rotatable bonds is 3. The quantitative estimate of drug-likeness (QED) is 0.898. The Morgan fingerprint density at radius 1 is 1.32 bits per heavy atom. The lowest BCUT2D eigenvalue weighted by Crippen LogP contribution is -2.09. The second kappa shape index (κ2) is 4.79. The maximum Gasteiger partial charge on any atom is 0.416 e. The summed E-state index contributed by atoms with van der Waals surface area (Å²) in [5.41, 5.74) is 5.18. The third kappa shape index (κ3) is 3.36. The van der Waals surface area contributed by atoms with Gasteiger partial charge >= 0.3 is 6.18 Å². The van der Waals surface area contributed by atoms with Crippen LogP contribution in [0.3, 0.4) is 0 Å². The highest BCUT2D eigenvalue weighted by atomic mass is 19.4. The highest BCUT2D eigenvalue weighted by Crippen LogP contribution is 2.31. The topological polar surface area (TPSA) is 77.0 Å². The second-order valence-corrected chi connectivity index (χ2v) is 3.95. The molecule has 102 valence electrons.